The Morgan fingerprint density at radius 3 is 2.38 bits per heavy atom. The quantitative estimate of drug-likeness (QED) is 0.498. The lowest BCUT2D eigenvalue weighted by Gasteiger charge is -1.99. The molecule has 0 aromatic carbocycles. The van der Waals surface area contributed by atoms with Crippen molar-refractivity contribution in [1.82, 2.24) is 0 Å². The Bertz CT molecular complexity index is 342. The number of hydrogen-bond donors (Lipinski definition) is 1. The van der Waals surface area contributed by atoms with Crippen LogP contribution in [-0.4, -0.2) is 27.8 Å². The third-order valence-electron chi connectivity index (χ3n) is 1.87. The first-order valence-electron chi connectivity index (χ1n) is 3.58. The first-order chi connectivity index (χ1) is 5.95. The topological polar surface area (TPSA) is 92.8 Å². The fourth-order valence-corrected chi connectivity index (χ4v) is 1.28. The molecule has 1 N–H and O–H groups in total. The molecule has 6 heteroatoms. The van der Waals surface area contributed by atoms with Crippen LogP contribution in [0.1, 0.15) is 13.8 Å². The molecule has 0 aliphatic carbocycles. The van der Waals surface area contributed by atoms with Crippen molar-refractivity contribution in [2.75, 3.05) is 0 Å². The summed E-state index contributed by atoms with van der Waals surface area (Å²) in [5.74, 6) is -1.16. The number of carbonyl (C=O) groups is 1. The van der Waals surface area contributed by atoms with Gasteiger partial charge in [0.05, 0.1) is 4.92 Å². The van der Waals surface area contributed by atoms with Crippen LogP contribution in [0.4, 0.5) is 0 Å². The van der Waals surface area contributed by atoms with E-state index in [1.807, 2.05) is 0 Å². The van der Waals surface area contributed by atoms with E-state index in [1.165, 1.54) is 13.8 Å². The maximum absolute atomic E-state index is 10.6. The number of rotatable bonds is 2. The average Bonchev–Trinajstić information content (AvgIpc) is 2.26. The number of carboxylic acid groups (broad SMARTS) is 1. The van der Waals surface area contributed by atoms with E-state index in [0.717, 1.165) is 0 Å². The predicted molar refractivity (Wildman–Crippen MR) is 44.2 cm³/mol. The molecule has 13 heavy (non-hydrogen) atoms. The number of allylic oxidation sites excluding steroid dienone is 1. The van der Waals surface area contributed by atoms with Crippen molar-refractivity contribution in [2.45, 2.75) is 19.9 Å². The summed E-state index contributed by atoms with van der Waals surface area (Å²) in [4.78, 5) is 24.1. The molecule has 0 aromatic rings. The summed E-state index contributed by atoms with van der Waals surface area (Å²) in [5.41, 5.74) is 0.192. The third kappa shape index (κ3) is 1.42. The Balaban J connectivity index is 3.15. The number of aliphatic imine (C=N–C) groups is 1. The zero-order chi connectivity index (χ0) is 10.2. The summed E-state index contributed by atoms with van der Waals surface area (Å²) in [6.07, 6.45) is 0. The van der Waals surface area contributed by atoms with Crippen LogP contribution in [-0.2, 0) is 4.79 Å². The molecule has 0 bridgehead atoms. The third-order valence-corrected chi connectivity index (χ3v) is 1.87. The molecule has 0 radical (unpaired) electrons. The van der Waals surface area contributed by atoms with Gasteiger partial charge in [-0.15, -0.1) is 0 Å². The first kappa shape index (κ1) is 9.37. The highest BCUT2D eigenvalue weighted by atomic mass is 16.6. The highest BCUT2D eigenvalue weighted by Gasteiger charge is 2.35. The van der Waals surface area contributed by atoms with Gasteiger partial charge in [0, 0.05) is 5.57 Å². The van der Waals surface area contributed by atoms with Gasteiger partial charge < -0.3 is 5.11 Å². The van der Waals surface area contributed by atoms with Crippen LogP contribution in [0.5, 0.6) is 0 Å². The smallest absolute Gasteiger partial charge is 0.333 e. The molecule has 0 fully saturated rings. The van der Waals surface area contributed by atoms with Gasteiger partial charge in [0.1, 0.15) is 5.71 Å². The molecular weight excluding hydrogens is 176 g/mol. The van der Waals surface area contributed by atoms with E-state index in [1.54, 1.807) is 0 Å². The van der Waals surface area contributed by atoms with E-state index in [-0.39, 0.29) is 17.0 Å². The molecule has 0 aromatic heterocycles. The fraction of sp³-hybridized carbons (Fsp3) is 0.429. The van der Waals surface area contributed by atoms with Crippen molar-refractivity contribution in [2.24, 2.45) is 4.99 Å². The summed E-state index contributed by atoms with van der Waals surface area (Å²) < 4.78 is 0. The second-order valence-electron chi connectivity index (χ2n) is 2.74. The number of carboxylic acids is 1. The number of aliphatic carboxylic acids is 1. The Hall–Kier alpha value is -1.72. The molecule has 1 aliphatic heterocycles. The SMILES string of the molecule is CC1=N[C@H](C(=O)O)C(C)=C1[N+](=O)[O-]. The molecule has 0 spiro atoms. The number of hydrogen-bond acceptors (Lipinski definition) is 4. The summed E-state index contributed by atoms with van der Waals surface area (Å²) in [7, 11) is 0. The van der Waals surface area contributed by atoms with Crippen molar-refractivity contribution in [3.8, 4) is 0 Å². The molecule has 1 heterocycles. The van der Waals surface area contributed by atoms with E-state index in [2.05, 4.69) is 4.99 Å². The lowest BCUT2D eigenvalue weighted by molar-refractivity contribution is -0.415. The molecule has 1 aliphatic rings. The van der Waals surface area contributed by atoms with Gasteiger partial charge in [0.15, 0.2) is 6.04 Å². The summed E-state index contributed by atoms with van der Waals surface area (Å²) in [6.45, 7) is 2.85. The lowest BCUT2D eigenvalue weighted by Crippen LogP contribution is -2.17. The van der Waals surface area contributed by atoms with E-state index in [4.69, 9.17) is 5.11 Å². The van der Waals surface area contributed by atoms with Gasteiger partial charge in [-0.2, -0.15) is 0 Å². The molecule has 1 atom stereocenters. The van der Waals surface area contributed by atoms with Crippen LogP contribution in [0.2, 0.25) is 0 Å². The zero-order valence-corrected chi connectivity index (χ0v) is 7.14. The molecule has 6 nitrogen and oxygen atoms in total. The molecule has 0 amide bonds. The second kappa shape index (κ2) is 2.96. The Morgan fingerprint density at radius 2 is 2.15 bits per heavy atom. The van der Waals surface area contributed by atoms with Crippen molar-refractivity contribution in [3.63, 3.8) is 0 Å². The van der Waals surface area contributed by atoms with Crippen molar-refractivity contribution >= 4 is 11.7 Å². The second-order valence-corrected chi connectivity index (χ2v) is 2.74. The van der Waals surface area contributed by atoms with Crippen LogP contribution < -0.4 is 0 Å². The minimum Gasteiger partial charge on any atom is -0.479 e. The predicted octanol–water partition coefficient (Wildman–Crippen LogP) is 0.465. The maximum Gasteiger partial charge on any atom is 0.333 e. The van der Waals surface area contributed by atoms with Gasteiger partial charge in [-0.3, -0.25) is 15.1 Å². The van der Waals surface area contributed by atoms with Crippen molar-refractivity contribution in [1.29, 1.82) is 0 Å². The van der Waals surface area contributed by atoms with E-state index < -0.39 is 16.9 Å². The molecular formula is C7H8N2O4. The van der Waals surface area contributed by atoms with Crippen molar-refractivity contribution < 1.29 is 14.8 Å². The van der Waals surface area contributed by atoms with E-state index >= 15 is 0 Å². The summed E-state index contributed by atoms with van der Waals surface area (Å²) >= 11 is 0. The Morgan fingerprint density at radius 1 is 1.62 bits per heavy atom. The summed E-state index contributed by atoms with van der Waals surface area (Å²) in [5, 5.41) is 19.1. The number of nitrogens with zero attached hydrogens (tertiary/aromatic N) is 2. The Labute approximate surface area is 73.7 Å². The minimum absolute atomic E-state index is 0.174. The molecule has 70 valence electrons. The van der Waals surface area contributed by atoms with Gasteiger partial charge in [0.2, 0.25) is 0 Å². The van der Waals surface area contributed by atoms with Crippen LogP contribution in [0, 0.1) is 10.1 Å². The fourth-order valence-electron chi connectivity index (χ4n) is 1.28. The summed E-state index contributed by atoms with van der Waals surface area (Å²) in [6, 6.07) is -1.08. The van der Waals surface area contributed by atoms with Crippen molar-refractivity contribution in [3.05, 3.63) is 21.4 Å². The van der Waals surface area contributed by atoms with Gasteiger partial charge in [-0.25, -0.2) is 4.79 Å². The molecule has 0 unspecified atom stereocenters. The van der Waals surface area contributed by atoms with Crippen LogP contribution >= 0.6 is 0 Å². The molecule has 1 rings (SSSR count). The van der Waals surface area contributed by atoms with E-state index in [0.29, 0.717) is 0 Å². The van der Waals surface area contributed by atoms with Gasteiger partial charge >= 0.3 is 5.97 Å². The normalized spacial score (nSPS) is 21.7. The van der Waals surface area contributed by atoms with Crippen LogP contribution in [0.25, 0.3) is 0 Å². The lowest BCUT2D eigenvalue weighted by atomic mass is 10.1. The largest absolute Gasteiger partial charge is 0.479 e. The first-order valence-corrected chi connectivity index (χ1v) is 3.58. The van der Waals surface area contributed by atoms with E-state index in [9.17, 15) is 14.9 Å². The molecule has 0 saturated carbocycles. The van der Waals surface area contributed by atoms with Gasteiger partial charge in [-0.05, 0) is 13.8 Å². The van der Waals surface area contributed by atoms with Gasteiger partial charge in [-0.1, -0.05) is 0 Å². The number of nitro groups is 1. The Kier molecular flexibility index (Phi) is 2.14. The highest BCUT2D eigenvalue weighted by molar-refractivity contribution is 6.02. The highest BCUT2D eigenvalue weighted by Crippen LogP contribution is 2.21. The van der Waals surface area contributed by atoms with Gasteiger partial charge in [0.25, 0.3) is 5.70 Å². The zero-order valence-electron chi connectivity index (χ0n) is 7.14. The van der Waals surface area contributed by atoms with Crippen LogP contribution in [0.3, 0.4) is 0 Å². The monoisotopic (exact) mass is 184 g/mol. The maximum atomic E-state index is 10.6. The van der Waals surface area contributed by atoms with Crippen LogP contribution in [0.15, 0.2) is 16.3 Å². The minimum atomic E-state index is -1.16. The average molecular weight is 184 g/mol. The molecule has 0 saturated heterocycles. The standard InChI is InChI=1S/C7H8N2O4/c1-3-5(7(10)11)8-4(2)6(3)9(12)13/h5H,1-2H3,(H,10,11)/t5-/m0/s1.